The Balaban J connectivity index is 2.27. The van der Waals surface area contributed by atoms with Gasteiger partial charge in [-0.25, -0.2) is 0 Å². The molecule has 0 fully saturated rings. The van der Waals surface area contributed by atoms with Gasteiger partial charge in [0.15, 0.2) is 5.78 Å². The van der Waals surface area contributed by atoms with Crippen molar-refractivity contribution in [3.63, 3.8) is 0 Å². The lowest BCUT2D eigenvalue weighted by Gasteiger charge is -2.49. The summed E-state index contributed by atoms with van der Waals surface area (Å²) in [5.74, 6) is 1.11. The number of ketones is 1. The summed E-state index contributed by atoms with van der Waals surface area (Å²) in [4.78, 5) is 12.3. The summed E-state index contributed by atoms with van der Waals surface area (Å²) >= 11 is 0. The summed E-state index contributed by atoms with van der Waals surface area (Å²) in [5.41, 5.74) is 0.193. The molecule has 4 nitrogen and oxygen atoms in total. The van der Waals surface area contributed by atoms with Crippen molar-refractivity contribution in [1.29, 1.82) is 0 Å². The van der Waals surface area contributed by atoms with E-state index in [4.69, 9.17) is 4.52 Å². The number of rotatable bonds is 4. The number of hydrogen-bond donors (Lipinski definition) is 1. The molecule has 1 aromatic carbocycles. The molecule has 3 rings (SSSR count). The largest absolute Gasteiger partial charge is 0.508 e. The van der Waals surface area contributed by atoms with Crippen LogP contribution in [-0.4, -0.2) is 16.0 Å². The Morgan fingerprint density at radius 2 is 1.91 bits per heavy atom. The summed E-state index contributed by atoms with van der Waals surface area (Å²) in [6.45, 7) is 4.20. The summed E-state index contributed by atoms with van der Waals surface area (Å²) in [7, 11) is 0. The van der Waals surface area contributed by atoms with E-state index in [-0.39, 0.29) is 11.5 Å². The third kappa shape index (κ3) is 2.21. The summed E-state index contributed by atoms with van der Waals surface area (Å²) < 4.78 is 5.54. The summed E-state index contributed by atoms with van der Waals surface area (Å²) in [6, 6.07) is 9.05. The zero-order valence-corrected chi connectivity index (χ0v) is 13.5. The van der Waals surface area contributed by atoms with Gasteiger partial charge in [0.25, 0.3) is 0 Å². The second kappa shape index (κ2) is 5.69. The highest BCUT2D eigenvalue weighted by Gasteiger charge is 2.54. The Kier molecular flexibility index (Phi) is 3.84. The Hall–Kier alpha value is -2.36. The first-order valence-electron chi connectivity index (χ1n) is 8.01. The standard InChI is InChI=1S/C19H21NO3/c1-3-18(17-10-12-20-23-17)11-9-16(22)13-19(18,4-2)14-5-7-15(21)8-6-14/h5-12,21H,3-4,13H2,1-2H3. The molecule has 1 aliphatic carbocycles. The van der Waals surface area contributed by atoms with Crippen LogP contribution in [0.1, 0.15) is 44.4 Å². The Morgan fingerprint density at radius 3 is 2.48 bits per heavy atom. The molecule has 2 atom stereocenters. The third-order valence-corrected chi connectivity index (χ3v) is 5.34. The van der Waals surface area contributed by atoms with Crippen molar-refractivity contribution in [2.45, 2.75) is 43.9 Å². The molecule has 0 bridgehead atoms. The average Bonchev–Trinajstić information content (AvgIpc) is 3.10. The molecule has 1 N–H and O–H groups in total. The van der Waals surface area contributed by atoms with E-state index in [0.29, 0.717) is 6.42 Å². The molecule has 0 saturated heterocycles. The molecule has 0 saturated carbocycles. The van der Waals surface area contributed by atoms with Crippen LogP contribution in [0, 0.1) is 0 Å². The number of carbonyl (C=O) groups excluding carboxylic acids is 1. The number of allylic oxidation sites excluding steroid dienone is 2. The van der Waals surface area contributed by atoms with E-state index in [9.17, 15) is 9.90 Å². The van der Waals surface area contributed by atoms with Crippen LogP contribution in [0.3, 0.4) is 0 Å². The number of hydrogen-bond acceptors (Lipinski definition) is 4. The molecule has 0 aliphatic heterocycles. The number of benzene rings is 1. The topological polar surface area (TPSA) is 63.3 Å². The summed E-state index contributed by atoms with van der Waals surface area (Å²) in [5, 5.41) is 13.5. The number of nitrogens with zero attached hydrogens (tertiary/aromatic N) is 1. The lowest BCUT2D eigenvalue weighted by molar-refractivity contribution is -0.117. The summed E-state index contributed by atoms with van der Waals surface area (Å²) in [6.07, 6.45) is 7.28. The zero-order valence-electron chi connectivity index (χ0n) is 13.5. The Bertz CT molecular complexity index is 718. The van der Waals surface area contributed by atoms with Gasteiger partial charge in [0.05, 0.1) is 11.6 Å². The average molecular weight is 311 g/mol. The van der Waals surface area contributed by atoms with Gasteiger partial charge in [-0.1, -0.05) is 37.2 Å². The van der Waals surface area contributed by atoms with Crippen molar-refractivity contribution in [3.05, 3.63) is 60.0 Å². The van der Waals surface area contributed by atoms with Crippen LogP contribution in [0.25, 0.3) is 0 Å². The predicted molar refractivity (Wildman–Crippen MR) is 87.3 cm³/mol. The van der Waals surface area contributed by atoms with Crippen LogP contribution in [0.15, 0.2) is 53.2 Å². The van der Waals surface area contributed by atoms with E-state index < -0.39 is 10.8 Å². The van der Waals surface area contributed by atoms with Crippen molar-refractivity contribution in [2.24, 2.45) is 0 Å². The first-order valence-corrected chi connectivity index (χ1v) is 8.01. The van der Waals surface area contributed by atoms with Crippen molar-refractivity contribution >= 4 is 5.78 Å². The smallest absolute Gasteiger partial charge is 0.156 e. The van der Waals surface area contributed by atoms with Crippen molar-refractivity contribution in [1.82, 2.24) is 5.16 Å². The van der Waals surface area contributed by atoms with E-state index >= 15 is 0 Å². The van der Waals surface area contributed by atoms with Gasteiger partial charge in [-0.3, -0.25) is 4.79 Å². The monoisotopic (exact) mass is 311 g/mol. The van der Waals surface area contributed by atoms with Gasteiger partial charge in [0.1, 0.15) is 11.5 Å². The van der Waals surface area contributed by atoms with Crippen LogP contribution in [0.5, 0.6) is 5.75 Å². The van der Waals surface area contributed by atoms with Crippen LogP contribution < -0.4 is 0 Å². The van der Waals surface area contributed by atoms with E-state index in [1.165, 1.54) is 0 Å². The molecule has 4 heteroatoms. The molecule has 1 aliphatic rings. The van der Waals surface area contributed by atoms with Gasteiger partial charge in [-0.05, 0) is 36.6 Å². The number of phenolic OH excluding ortho intramolecular Hbond substituents is 1. The number of aromatic hydroxyl groups is 1. The number of aromatic nitrogens is 1. The van der Waals surface area contributed by atoms with Crippen molar-refractivity contribution < 1.29 is 14.4 Å². The molecular weight excluding hydrogens is 290 g/mol. The van der Waals surface area contributed by atoms with Gasteiger partial charge in [0.2, 0.25) is 0 Å². The first kappa shape index (κ1) is 15.5. The lowest BCUT2D eigenvalue weighted by atomic mass is 9.52. The normalized spacial score (nSPS) is 27.3. The SMILES string of the molecule is CCC1(c2ccno2)C=CC(=O)CC1(CC)c1ccc(O)cc1. The molecule has 0 amide bonds. The van der Waals surface area contributed by atoms with Crippen molar-refractivity contribution in [3.8, 4) is 5.75 Å². The minimum absolute atomic E-state index is 0.114. The second-order valence-corrected chi connectivity index (χ2v) is 6.16. The van der Waals surface area contributed by atoms with Crippen LogP contribution in [0.2, 0.25) is 0 Å². The number of phenols is 1. The van der Waals surface area contributed by atoms with E-state index in [0.717, 1.165) is 24.2 Å². The van der Waals surface area contributed by atoms with Crippen LogP contribution >= 0.6 is 0 Å². The molecule has 1 heterocycles. The second-order valence-electron chi connectivity index (χ2n) is 6.16. The molecule has 0 radical (unpaired) electrons. The van der Waals surface area contributed by atoms with Gasteiger partial charge in [-0.15, -0.1) is 0 Å². The lowest BCUT2D eigenvalue weighted by Crippen LogP contribution is -2.50. The van der Waals surface area contributed by atoms with Gasteiger partial charge in [0, 0.05) is 17.9 Å². The molecule has 120 valence electrons. The highest BCUT2D eigenvalue weighted by molar-refractivity contribution is 5.93. The van der Waals surface area contributed by atoms with Crippen LogP contribution in [-0.2, 0) is 15.6 Å². The predicted octanol–water partition coefficient (Wildman–Crippen LogP) is 3.91. The maximum Gasteiger partial charge on any atom is 0.156 e. The molecule has 2 aromatic rings. The van der Waals surface area contributed by atoms with Gasteiger partial charge < -0.3 is 9.63 Å². The minimum Gasteiger partial charge on any atom is -0.508 e. The van der Waals surface area contributed by atoms with Gasteiger partial charge >= 0.3 is 0 Å². The minimum atomic E-state index is -0.427. The molecule has 23 heavy (non-hydrogen) atoms. The fraction of sp³-hybridized carbons (Fsp3) is 0.368. The quantitative estimate of drug-likeness (QED) is 0.930. The molecule has 2 unspecified atom stereocenters. The van der Waals surface area contributed by atoms with Crippen LogP contribution in [0.4, 0.5) is 0 Å². The maximum atomic E-state index is 12.3. The van der Waals surface area contributed by atoms with E-state index in [1.54, 1.807) is 24.4 Å². The number of carbonyl (C=O) groups is 1. The highest BCUT2D eigenvalue weighted by Crippen LogP contribution is 2.54. The van der Waals surface area contributed by atoms with Crippen molar-refractivity contribution in [2.75, 3.05) is 0 Å². The third-order valence-electron chi connectivity index (χ3n) is 5.34. The Morgan fingerprint density at radius 1 is 1.17 bits per heavy atom. The molecule has 1 aromatic heterocycles. The van der Waals surface area contributed by atoms with E-state index in [2.05, 4.69) is 19.0 Å². The highest BCUT2D eigenvalue weighted by atomic mass is 16.5. The maximum absolute atomic E-state index is 12.3. The Labute approximate surface area is 135 Å². The molecular formula is C19H21NO3. The molecule has 0 spiro atoms. The van der Waals surface area contributed by atoms with E-state index in [1.807, 2.05) is 24.3 Å². The fourth-order valence-corrected chi connectivity index (χ4v) is 4.09. The first-order chi connectivity index (χ1) is 11.1. The zero-order chi connectivity index (χ0) is 16.5. The fourth-order valence-electron chi connectivity index (χ4n) is 4.09. The van der Waals surface area contributed by atoms with Gasteiger partial charge in [-0.2, -0.15) is 0 Å².